The fraction of sp³-hybridized carbons (Fsp3) is 0.789. The number of hydrogen-bond acceptors (Lipinski definition) is 10. The van der Waals surface area contributed by atoms with E-state index in [1.165, 1.54) is 154 Å². The number of benzene rings is 2. The highest BCUT2D eigenvalue weighted by Crippen LogP contribution is 2.43. The quantitative estimate of drug-likeness (QED) is 0.0377. The van der Waals surface area contributed by atoms with E-state index < -0.39 is 21.8 Å². The third-order valence-corrected chi connectivity index (χ3v) is 17.6. The van der Waals surface area contributed by atoms with Crippen molar-refractivity contribution in [1.29, 1.82) is 0 Å². The van der Waals surface area contributed by atoms with E-state index >= 15 is 0 Å². The van der Waals surface area contributed by atoms with Gasteiger partial charge < -0.3 is 29.2 Å². The monoisotopic (exact) mass is 1200 g/mol. The van der Waals surface area contributed by atoms with Gasteiger partial charge >= 0.3 is 17.9 Å². The van der Waals surface area contributed by atoms with Gasteiger partial charge in [0.05, 0.1) is 0 Å². The fourth-order valence-corrected chi connectivity index (χ4v) is 12.0. The number of nitrogens with zero attached hydrogens (tertiary/aromatic N) is 1. The van der Waals surface area contributed by atoms with Crippen LogP contribution in [-0.2, 0) is 67.8 Å². The number of rotatable bonds is 44. The molecule has 1 unspecified atom stereocenters. The van der Waals surface area contributed by atoms with Gasteiger partial charge in [0.1, 0.15) is 48.9 Å². The summed E-state index contributed by atoms with van der Waals surface area (Å²) in [4.78, 5) is 46.7. The maximum absolute atomic E-state index is 13.9. The van der Waals surface area contributed by atoms with Gasteiger partial charge in [0.15, 0.2) is 5.90 Å². The lowest BCUT2D eigenvalue weighted by molar-refractivity contribution is -0.151. The molecule has 10 nitrogen and oxygen atoms in total. The average Bonchev–Trinajstić information content (AvgIpc) is 1.31. The van der Waals surface area contributed by atoms with Gasteiger partial charge in [-0.1, -0.05) is 301 Å². The molecule has 0 amide bonds. The number of aromatic hydroxyl groups is 2. The molecule has 2 N–H and O–H groups in total. The molecule has 0 bridgehead atoms. The summed E-state index contributed by atoms with van der Waals surface area (Å²) < 4.78 is 25.3. The number of ether oxygens (including phenoxy) is 4. The van der Waals surface area contributed by atoms with Gasteiger partial charge in [-0.3, -0.25) is 14.4 Å². The number of carbonyl (C=O) groups is 3. The van der Waals surface area contributed by atoms with Crippen LogP contribution < -0.4 is 0 Å². The summed E-state index contributed by atoms with van der Waals surface area (Å²) in [7, 11) is 0. The summed E-state index contributed by atoms with van der Waals surface area (Å²) >= 11 is 0. The Morgan fingerprint density at radius 1 is 0.442 bits per heavy atom. The number of carbonyl (C=O) groups excluding carboxylic acids is 3. The van der Waals surface area contributed by atoms with Gasteiger partial charge in [0, 0.05) is 19.3 Å². The number of phenols is 2. The fourth-order valence-electron chi connectivity index (χ4n) is 12.0. The minimum absolute atomic E-state index is 0.0546. The van der Waals surface area contributed by atoms with Crippen molar-refractivity contribution in [1.82, 2.24) is 0 Å². The Bertz CT molecular complexity index is 2180. The van der Waals surface area contributed by atoms with Crippen molar-refractivity contribution >= 4 is 23.8 Å². The van der Waals surface area contributed by atoms with Crippen LogP contribution in [0.3, 0.4) is 0 Å². The van der Waals surface area contributed by atoms with Crippen LogP contribution in [0.5, 0.6) is 11.5 Å². The lowest BCUT2D eigenvalue weighted by Crippen LogP contribution is -2.44. The Morgan fingerprint density at radius 3 is 1.05 bits per heavy atom. The Morgan fingerprint density at radius 2 is 0.733 bits per heavy atom. The largest absolute Gasteiger partial charge is 0.507 e. The van der Waals surface area contributed by atoms with Crippen LogP contribution in [0.2, 0.25) is 0 Å². The van der Waals surface area contributed by atoms with Crippen LogP contribution in [0.1, 0.15) is 349 Å². The zero-order valence-corrected chi connectivity index (χ0v) is 58.1. The molecule has 2 aromatic rings. The first-order valence-electron chi connectivity index (χ1n) is 35.0. The molecular formula is C76H129NO9. The highest BCUT2D eigenvalue weighted by molar-refractivity contribution is 5.86. The summed E-state index contributed by atoms with van der Waals surface area (Å²) in [6.45, 7) is 31.1. The van der Waals surface area contributed by atoms with Crippen LogP contribution >= 0.6 is 0 Å². The van der Waals surface area contributed by atoms with Crippen molar-refractivity contribution in [3.05, 3.63) is 57.6 Å². The Labute approximate surface area is 526 Å². The van der Waals surface area contributed by atoms with E-state index in [1.54, 1.807) is 0 Å². The number of aliphatic imine (C=N–C) groups is 1. The molecule has 3 rings (SSSR count). The molecule has 1 aliphatic heterocycles. The van der Waals surface area contributed by atoms with Crippen LogP contribution in [0.25, 0.3) is 0 Å². The van der Waals surface area contributed by atoms with E-state index in [-0.39, 0.29) is 92.5 Å². The minimum atomic E-state index is -1.26. The van der Waals surface area contributed by atoms with Crippen molar-refractivity contribution in [2.75, 3.05) is 26.4 Å². The molecular weight excluding hydrogens is 1070 g/mol. The van der Waals surface area contributed by atoms with Gasteiger partial charge in [-0.25, -0.2) is 4.99 Å². The maximum Gasteiger partial charge on any atom is 0.306 e. The Kier molecular flexibility index (Phi) is 34.1. The van der Waals surface area contributed by atoms with Gasteiger partial charge in [0.25, 0.3) is 0 Å². The zero-order chi connectivity index (χ0) is 63.9. The highest BCUT2D eigenvalue weighted by atomic mass is 16.6. The molecule has 2 aromatic carbocycles. The molecule has 0 saturated carbocycles. The molecule has 0 fully saturated rings. The molecule has 0 aromatic heterocycles. The van der Waals surface area contributed by atoms with E-state index in [0.717, 1.165) is 71.9 Å². The van der Waals surface area contributed by atoms with E-state index in [4.69, 9.17) is 23.9 Å². The minimum Gasteiger partial charge on any atom is -0.507 e. The van der Waals surface area contributed by atoms with Crippen molar-refractivity contribution < 1.29 is 43.5 Å². The molecule has 0 aliphatic carbocycles. The standard InChI is InChI=1S/C76H129NO9/c1-16-18-20-22-24-26-28-30-32-34-36-38-40-42-44-46-65(78)84-57-76(54-60-52-63(73(9,10)11)69(82)64(53-60)74(12,13)14,58-85-66(79)47-45-43-41-39-37-35-33-31-29-27-25-23-21-19-17-2)70-77-75(15,56-86-70)55-83-67(80)49-48-59-50-61(71(3,4)5)68(81)62(51-59)72(6,7)8/h50-53,81-82H,16-49,54-58H2,1-15H3. The normalized spacial score (nSPS) is 15.0. The molecule has 0 radical (unpaired) electrons. The molecule has 0 spiro atoms. The summed E-state index contributed by atoms with van der Waals surface area (Å²) in [6, 6.07) is 8.05. The number of phenolic OH excluding ortho intramolecular Hbond substituents is 2. The molecule has 86 heavy (non-hydrogen) atoms. The second kappa shape index (κ2) is 38.5. The first-order valence-corrected chi connectivity index (χ1v) is 35.0. The molecule has 1 heterocycles. The molecule has 0 saturated heterocycles. The average molecular weight is 1200 g/mol. The summed E-state index contributed by atoms with van der Waals surface area (Å²) in [6.07, 6.45) is 38.4. The summed E-state index contributed by atoms with van der Waals surface area (Å²) in [5, 5.41) is 23.2. The van der Waals surface area contributed by atoms with Gasteiger partial charge in [-0.05, 0) is 87.6 Å². The summed E-state index contributed by atoms with van der Waals surface area (Å²) in [5.41, 5.74) is 1.38. The molecule has 492 valence electrons. The molecule has 10 heteroatoms. The van der Waals surface area contributed by atoms with Crippen LogP contribution in [0.4, 0.5) is 0 Å². The predicted octanol–water partition coefficient (Wildman–Crippen LogP) is 20.8. The number of unbranched alkanes of at least 4 members (excludes halogenated alkanes) is 28. The van der Waals surface area contributed by atoms with Crippen LogP contribution in [0, 0.1) is 5.41 Å². The van der Waals surface area contributed by atoms with Crippen molar-refractivity contribution in [3.63, 3.8) is 0 Å². The van der Waals surface area contributed by atoms with E-state index in [0.29, 0.717) is 12.2 Å². The first kappa shape index (κ1) is 76.2. The second-order valence-electron chi connectivity index (χ2n) is 30.6. The van der Waals surface area contributed by atoms with E-state index in [1.807, 2.05) is 31.2 Å². The Hall–Kier alpha value is -4.08. The summed E-state index contributed by atoms with van der Waals surface area (Å²) in [5.74, 6) is -0.182. The second-order valence-corrected chi connectivity index (χ2v) is 30.6. The van der Waals surface area contributed by atoms with Crippen LogP contribution in [-0.4, -0.2) is 66.0 Å². The zero-order valence-electron chi connectivity index (χ0n) is 58.1. The third-order valence-electron chi connectivity index (χ3n) is 17.6. The lowest BCUT2D eigenvalue weighted by Gasteiger charge is -2.34. The topological polar surface area (TPSA) is 141 Å². The van der Waals surface area contributed by atoms with E-state index in [2.05, 4.69) is 96.9 Å². The maximum atomic E-state index is 13.9. The molecule has 1 aliphatic rings. The number of aryl methyl sites for hydroxylation is 1. The number of hydrogen-bond donors (Lipinski definition) is 2. The van der Waals surface area contributed by atoms with Gasteiger partial charge in [-0.15, -0.1) is 0 Å². The lowest BCUT2D eigenvalue weighted by atomic mass is 9.75. The van der Waals surface area contributed by atoms with E-state index in [9.17, 15) is 24.6 Å². The number of esters is 3. The first-order chi connectivity index (χ1) is 40.5. The molecule has 1 atom stereocenters. The van der Waals surface area contributed by atoms with Crippen LogP contribution in [0.15, 0.2) is 29.3 Å². The van der Waals surface area contributed by atoms with Crippen molar-refractivity contribution in [2.45, 2.75) is 356 Å². The predicted molar refractivity (Wildman–Crippen MR) is 359 cm³/mol. The van der Waals surface area contributed by atoms with Crippen molar-refractivity contribution in [3.8, 4) is 11.5 Å². The van der Waals surface area contributed by atoms with Gasteiger partial charge in [-0.2, -0.15) is 0 Å². The Balaban J connectivity index is 1.85. The van der Waals surface area contributed by atoms with Crippen molar-refractivity contribution in [2.24, 2.45) is 10.4 Å². The SMILES string of the molecule is CCCCCCCCCCCCCCCCCC(=O)OCC(COC(=O)CCCCCCCCCCCCCCCCC)(Cc1cc(C(C)(C)C)c(O)c(C(C)(C)C)c1)C1=NC(C)(COC(=O)CCc2cc(C(C)(C)C)c(O)c(C(C)(C)C)c2)CO1. The highest BCUT2D eigenvalue weighted by Gasteiger charge is 2.48. The smallest absolute Gasteiger partial charge is 0.306 e. The van der Waals surface area contributed by atoms with Gasteiger partial charge in [0.2, 0.25) is 0 Å². The third kappa shape index (κ3) is 29.0.